The summed E-state index contributed by atoms with van der Waals surface area (Å²) in [6.07, 6.45) is 0. The molecule has 0 amide bonds. The first-order valence-electron chi connectivity index (χ1n) is 3.80. The molecule has 2 aromatic rings. The number of aromatic amines is 2. The van der Waals surface area contributed by atoms with E-state index in [4.69, 9.17) is 0 Å². The molecule has 0 aliphatic carbocycles. The molecule has 0 radical (unpaired) electrons. The minimum atomic E-state index is -0.723. The van der Waals surface area contributed by atoms with E-state index in [-0.39, 0.29) is 15.4 Å². The minimum absolute atomic E-state index is 0.0870. The number of aromatic nitrogens is 2. The molecule has 0 atom stereocenters. The van der Waals surface area contributed by atoms with Gasteiger partial charge in [0.05, 0.1) is 15.4 Å². The predicted octanol–water partition coefficient (Wildman–Crippen LogP) is 1.72. The summed E-state index contributed by atoms with van der Waals surface area (Å²) >= 11 is 4.92. The van der Waals surface area contributed by atoms with Crippen LogP contribution in [0.4, 0.5) is 4.39 Å². The monoisotopic (exact) mass is 384 g/mol. The first-order chi connectivity index (χ1) is 7.00. The lowest BCUT2D eigenvalue weighted by molar-refractivity contribution is 0.628. The molecule has 0 aliphatic rings. The van der Waals surface area contributed by atoms with Crippen LogP contribution >= 0.6 is 38.5 Å². The third-order valence-corrected chi connectivity index (χ3v) is 4.24. The Bertz CT molecular complexity index is 664. The highest BCUT2D eigenvalue weighted by molar-refractivity contribution is 14.1. The van der Waals surface area contributed by atoms with Gasteiger partial charge in [-0.3, -0.25) is 9.78 Å². The van der Waals surface area contributed by atoms with Crippen molar-refractivity contribution in [2.45, 2.75) is 0 Å². The van der Waals surface area contributed by atoms with Crippen LogP contribution in [0.15, 0.2) is 20.1 Å². The van der Waals surface area contributed by atoms with Gasteiger partial charge in [0.2, 0.25) is 0 Å². The standard InChI is InChI=1S/C8H3BrFIN2O2/c9-4-3(11)1-2-6(5(4)10)12-8(15)13-7(2)14/h1H,(H2,12,13,14,15). The van der Waals surface area contributed by atoms with E-state index >= 15 is 0 Å². The number of benzene rings is 1. The van der Waals surface area contributed by atoms with Crippen LogP contribution < -0.4 is 11.2 Å². The summed E-state index contributed by atoms with van der Waals surface area (Å²) in [6, 6.07) is 1.50. The molecule has 78 valence electrons. The quantitative estimate of drug-likeness (QED) is 0.536. The first-order valence-corrected chi connectivity index (χ1v) is 5.67. The molecule has 0 saturated heterocycles. The van der Waals surface area contributed by atoms with Crippen molar-refractivity contribution in [1.29, 1.82) is 0 Å². The van der Waals surface area contributed by atoms with Crippen molar-refractivity contribution < 1.29 is 4.39 Å². The summed E-state index contributed by atoms with van der Waals surface area (Å²) in [5, 5.41) is 0.125. The van der Waals surface area contributed by atoms with E-state index in [1.54, 1.807) is 0 Å². The van der Waals surface area contributed by atoms with Crippen LogP contribution in [0.3, 0.4) is 0 Å². The molecule has 2 N–H and O–H groups in total. The third-order valence-electron chi connectivity index (χ3n) is 1.87. The van der Waals surface area contributed by atoms with Crippen molar-refractivity contribution in [3.05, 3.63) is 40.8 Å². The van der Waals surface area contributed by atoms with Gasteiger partial charge in [0.25, 0.3) is 5.56 Å². The van der Waals surface area contributed by atoms with Crippen molar-refractivity contribution in [2.24, 2.45) is 0 Å². The van der Waals surface area contributed by atoms with Gasteiger partial charge in [0.1, 0.15) is 0 Å². The summed E-state index contributed by atoms with van der Waals surface area (Å²) in [6.45, 7) is 0. The summed E-state index contributed by atoms with van der Waals surface area (Å²) in [5.74, 6) is -0.639. The van der Waals surface area contributed by atoms with Crippen LogP contribution in [-0.2, 0) is 0 Å². The summed E-state index contributed by atoms with van der Waals surface area (Å²) in [5.41, 5.74) is -1.41. The number of halogens is 3. The van der Waals surface area contributed by atoms with Gasteiger partial charge in [-0.05, 0) is 44.6 Å². The molecule has 0 bridgehead atoms. The fourth-order valence-electron chi connectivity index (χ4n) is 1.21. The maximum absolute atomic E-state index is 13.6. The molecule has 0 spiro atoms. The Labute approximate surface area is 104 Å². The van der Waals surface area contributed by atoms with Gasteiger partial charge in [0, 0.05) is 3.57 Å². The number of H-pyrrole nitrogens is 2. The number of hydrogen-bond acceptors (Lipinski definition) is 2. The van der Waals surface area contributed by atoms with E-state index in [9.17, 15) is 14.0 Å². The van der Waals surface area contributed by atoms with Crippen molar-refractivity contribution in [3.63, 3.8) is 0 Å². The molecule has 1 heterocycles. The van der Waals surface area contributed by atoms with Gasteiger partial charge < -0.3 is 4.98 Å². The number of rotatable bonds is 0. The van der Waals surface area contributed by atoms with Gasteiger partial charge in [-0.25, -0.2) is 9.18 Å². The third kappa shape index (κ3) is 1.73. The highest BCUT2D eigenvalue weighted by Gasteiger charge is 2.12. The van der Waals surface area contributed by atoms with Crippen LogP contribution in [0.25, 0.3) is 10.9 Å². The second-order valence-corrected chi connectivity index (χ2v) is 4.77. The zero-order chi connectivity index (χ0) is 11.2. The highest BCUT2D eigenvalue weighted by Crippen LogP contribution is 2.26. The highest BCUT2D eigenvalue weighted by atomic mass is 127. The second-order valence-electron chi connectivity index (χ2n) is 2.82. The van der Waals surface area contributed by atoms with Gasteiger partial charge in [0.15, 0.2) is 5.82 Å². The van der Waals surface area contributed by atoms with Crippen molar-refractivity contribution in [1.82, 2.24) is 9.97 Å². The number of hydrogen-bond donors (Lipinski definition) is 2. The summed E-state index contributed by atoms with van der Waals surface area (Å²) in [4.78, 5) is 26.6. The van der Waals surface area contributed by atoms with E-state index < -0.39 is 17.1 Å². The zero-order valence-electron chi connectivity index (χ0n) is 7.03. The zero-order valence-corrected chi connectivity index (χ0v) is 10.8. The lowest BCUT2D eigenvalue weighted by atomic mass is 10.2. The molecule has 0 fully saturated rings. The van der Waals surface area contributed by atoms with Gasteiger partial charge >= 0.3 is 5.69 Å². The molecule has 4 nitrogen and oxygen atoms in total. The molecule has 0 saturated carbocycles. The molecule has 7 heteroatoms. The molecular formula is C8H3BrFIN2O2. The number of nitrogens with one attached hydrogen (secondary N) is 2. The van der Waals surface area contributed by atoms with E-state index in [1.165, 1.54) is 6.07 Å². The molecule has 0 unspecified atom stereocenters. The van der Waals surface area contributed by atoms with Crippen LogP contribution in [0.5, 0.6) is 0 Å². The Morgan fingerprint density at radius 1 is 1.33 bits per heavy atom. The largest absolute Gasteiger partial charge is 0.326 e. The van der Waals surface area contributed by atoms with Crippen molar-refractivity contribution in [3.8, 4) is 0 Å². The Morgan fingerprint density at radius 2 is 2.00 bits per heavy atom. The SMILES string of the molecule is O=c1[nH]c(=O)c2cc(I)c(Br)c(F)c2[nH]1. The van der Waals surface area contributed by atoms with Crippen LogP contribution in [0.1, 0.15) is 0 Å². The predicted molar refractivity (Wildman–Crippen MR) is 65.6 cm³/mol. The van der Waals surface area contributed by atoms with Crippen molar-refractivity contribution in [2.75, 3.05) is 0 Å². The number of fused-ring (bicyclic) bond motifs is 1. The fourth-order valence-corrected chi connectivity index (χ4v) is 2.07. The maximum Gasteiger partial charge on any atom is 0.326 e. The average Bonchev–Trinajstić information content (AvgIpc) is 2.17. The van der Waals surface area contributed by atoms with Crippen LogP contribution in [0, 0.1) is 9.39 Å². The van der Waals surface area contributed by atoms with E-state index in [0.717, 1.165) is 0 Å². The smallest absolute Gasteiger partial charge is 0.304 e. The Hall–Kier alpha value is -0.700. The molecule has 0 aliphatic heterocycles. The maximum atomic E-state index is 13.6. The van der Waals surface area contributed by atoms with Gasteiger partial charge in [-0.1, -0.05) is 0 Å². The second kappa shape index (κ2) is 3.71. The van der Waals surface area contributed by atoms with E-state index in [1.807, 2.05) is 27.6 Å². The van der Waals surface area contributed by atoms with Crippen molar-refractivity contribution >= 4 is 49.4 Å². The van der Waals surface area contributed by atoms with Crippen LogP contribution in [0.2, 0.25) is 0 Å². The van der Waals surface area contributed by atoms with Crippen LogP contribution in [-0.4, -0.2) is 9.97 Å². The average molecular weight is 385 g/mol. The van der Waals surface area contributed by atoms with E-state index in [0.29, 0.717) is 3.57 Å². The lowest BCUT2D eigenvalue weighted by Crippen LogP contribution is -2.22. The lowest BCUT2D eigenvalue weighted by Gasteiger charge is -2.02. The fraction of sp³-hybridized carbons (Fsp3) is 0. The van der Waals surface area contributed by atoms with E-state index in [2.05, 4.69) is 20.9 Å². The minimum Gasteiger partial charge on any atom is -0.304 e. The molecule has 15 heavy (non-hydrogen) atoms. The molecular weight excluding hydrogens is 382 g/mol. The molecule has 2 rings (SSSR count). The van der Waals surface area contributed by atoms with Gasteiger partial charge in [-0.15, -0.1) is 0 Å². The molecule has 1 aromatic carbocycles. The Balaban J connectivity index is 3.12. The summed E-state index contributed by atoms with van der Waals surface area (Å²) in [7, 11) is 0. The topological polar surface area (TPSA) is 65.7 Å². The Kier molecular flexibility index (Phi) is 2.67. The summed E-state index contributed by atoms with van der Waals surface area (Å²) < 4.78 is 14.4. The first kappa shape index (κ1) is 10.8. The van der Waals surface area contributed by atoms with Gasteiger partial charge in [-0.2, -0.15) is 0 Å². The molecule has 1 aromatic heterocycles. The normalized spacial score (nSPS) is 10.9. The Morgan fingerprint density at radius 3 is 2.67 bits per heavy atom.